The molecule has 0 aromatic heterocycles. The molecule has 0 unspecified atom stereocenters. The lowest BCUT2D eigenvalue weighted by Crippen LogP contribution is -2.17. The van der Waals surface area contributed by atoms with E-state index in [1.54, 1.807) is 30.3 Å². The fraction of sp³-hybridized carbons (Fsp3) is 0.0909. The first-order valence-corrected chi connectivity index (χ1v) is 10.8. The van der Waals surface area contributed by atoms with Gasteiger partial charge in [-0.05, 0) is 54.6 Å². The number of hydrogen-bond acceptors (Lipinski definition) is 6. The van der Waals surface area contributed by atoms with Gasteiger partial charge in [0, 0.05) is 23.0 Å². The number of nitrogens with zero attached hydrogens (tertiary/aromatic N) is 1. The van der Waals surface area contributed by atoms with Crippen molar-refractivity contribution in [1.82, 2.24) is 0 Å². The van der Waals surface area contributed by atoms with E-state index in [0.29, 0.717) is 47.2 Å². The molecule has 3 aromatic carbocycles. The molecule has 8 nitrogen and oxygen atoms in total. The normalized spacial score (nSPS) is 12.5. The van der Waals surface area contributed by atoms with E-state index >= 15 is 0 Å². The van der Waals surface area contributed by atoms with E-state index in [9.17, 15) is 13.2 Å². The van der Waals surface area contributed by atoms with Crippen LogP contribution in [0.15, 0.2) is 71.6 Å². The van der Waals surface area contributed by atoms with Crippen molar-refractivity contribution >= 4 is 27.3 Å². The second-order valence-corrected chi connectivity index (χ2v) is 8.32. The van der Waals surface area contributed by atoms with Crippen molar-refractivity contribution in [2.24, 2.45) is 0 Å². The van der Waals surface area contributed by atoms with Gasteiger partial charge in [0.05, 0.1) is 16.5 Å². The summed E-state index contributed by atoms with van der Waals surface area (Å²) in [5.41, 5.74) is 1.57. The lowest BCUT2D eigenvalue weighted by Gasteiger charge is -2.19. The third kappa shape index (κ3) is 4.60. The van der Waals surface area contributed by atoms with Crippen LogP contribution >= 0.6 is 0 Å². The maximum atomic E-state index is 12.7. The fourth-order valence-corrected chi connectivity index (χ4v) is 4.04. The van der Waals surface area contributed by atoms with Crippen molar-refractivity contribution in [2.45, 2.75) is 4.90 Å². The van der Waals surface area contributed by atoms with E-state index in [1.165, 1.54) is 36.4 Å². The fourth-order valence-electron chi connectivity index (χ4n) is 2.96. The van der Waals surface area contributed by atoms with Crippen LogP contribution in [0.4, 0.5) is 11.4 Å². The van der Waals surface area contributed by atoms with Crippen molar-refractivity contribution in [3.05, 3.63) is 77.9 Å². The second kappa shape index (κ2) is 8.38. The van der Waals surface area contributed by atoms with Gasteiger partial charge in [0.15, 0.2) is 11.5 Å². The lowest BCUT2D eigenvalue weighted by atomic mass is 10.1. The van der Waals surface area contributed by atoms with Gasteiger partial charge in [-0.2, -0.15) is 5.26 Å². The largest absolute Gasteiger partial charge is 0.486 e. The summed E-state index contributed by atoms with van der Waals surface area (Å²) in [7, 11) is -3.85. The Kier molecular flexibility index (Phi) is 5.47. The number of anilines is 2. The number of sulfonamides is 1. The van der Waals surface area contributed by atoms with E-state index in [4.69, 9.17) is 14.7 Å². The molecule has 1 aliphatic rings. The molecular weight excluding hydrogens is 418 g/mol. The quantitative estimate of drug-likeness (QED) is 0.634. The Morgan fingerprint density at radius 1 is 0.903 bits per heavy atom. The number of nitriles is 1. The van der Waals surface area contributed by atoms with Crippen LogP contribution in [0.2, 0.25) is 0 Å². The van der Waals surface area contributed by atoms with E-state index in [1.807, 2.05) is 6.07 Å². The van der Waals surface area contributed by atoms with Crippen molar-refractivity contribution < 1.29 is 22.7 Å². The van der Waals surface area contributed by atoms with Crippen LogP contribution in [0.1, 0.15) is 15.9 Å². The topological polar surface area (TPSA) is 118 Å². The zero-order chi connectivity index (χ0) is 21.8. The average Bonchev–Trinajstić information content (AvgIpc) is 2.79. The molecule has 0 saturated carbocycles. The minimum atomic E-state index is -3.85. The highest BCUT2D eigenvalue weighted by Gasteiger charge is 2.19. The third-order valence-electron chi connectivity index (χ3n) is 4.47. The number of fused-ring (bicyclic) bond motifs is 1. The molecule has 31 heavy (non-hydrogen) atoms. The number of carbonyl (C=O) groups excluding carboxylic acids is 1. The SMILES string of the molecule is N#Cc1cccc(NC(=O)c2ccc(NS(=O)(=O)c3ccc4c(c3)OCCO4)cc2)c1. The lowest BCUT2D eigenvalue weighted by molar-refractivity contribution is 0.102. The molecule has 4 rings (SSSR count). The molecule has 1 aliphatic heterocycles. The summed E-state index contributed by atoms with van der Waals surface area (Å²) in [6, 6.07) is 19.0. The van der Waals surface area contributed by atoms with Gasteiger partial charge in [0.1, 0.15) is 13.2 Å². The Balaban J connectivity index is 1.46. The molecule has 156 valence electrons. The molecule has 0 fully saturated rings. The van der Waals surface area contributed by atoms with Crippen molar-refractivity contribution in [2.75, 3.05) is 23.3 Å². The molecule has 9 heteroatoms. The van der Waals surface area contributed by atoms with Crippen molar-refractivity contribution in [3.63, 3.8) is 0 Å². The van der Waals surface area contributed by atoms with Crippen LogP contribution in [0.25, 0.3) is 0 Å². The Morgan fingerprint density at radius 2 is 1.65 bits per heavy atom. The maximum Gasteiger partial charge on any atom is 0.262 e. The molecule has 1 amide bonds. The van der Waals surface area contributed by atoms with Gasteiger partial charge < -0.3 is 14.8 Å². The van der Waals surface area contributed by atoms with Crippen LogP contribution in [0.5, 0.6) is 11.5 Å². The van der Waals surface area contributed by atoms with E-state index in [0.717, 1.165) is 0 Å². The first-order chi connectivity index (χ1) is 14.9. The summed E-state index contributed by atoms with van der Waals surface area (Å²) in [6.07, 6.45) is 0. The highest BCUT2D eigenvalue weighted by atomic mass is 32.2. The number of carbonyl (C=O) groups is 1. The molecule has 2 N–H and O–H groups in total. The first-order valence-electron chi connectivity index (χ1n) is 9.29. The third-order valence-corrected chi connectivity index (χ3v) is 5.85. The number of benzene rings is 3. The number of amides is 1. The number of rotatable bonds is 5. The summed E-state index contributed by atoms with van der Waals surface area (Å²) in [4.78, 5) is 12.4. The molecule has 1 heterocycles. The Bertz CT molecular complexity index is 1280. The van der Waals surface area contributed by atoms with Crippen LogP contribution in [-0.4, -0.2) is 27.5 Å². The van der Waals surface area contributed by atoms with Gasteiger partial charge in [-0.25, -0.2) is 8.42 Å². The predicted molar refractivity (Wildman–Crippen MR) is 114 cm³/mol. The van der Waals surface area contributed by atoms with Gasteiger partial charge in [0.25, 0.3) is 15.9 Å². The highest BCUT2D eigenvalue weighted by molar-refractivity contribution is 7.92. The standard InChI is InChI=1S/C22H17N3O5S/c23-14-15-2-1-3-18(12-15)24-22(26)16-4-6-17(7-5-16)25-31(27,28)19-8-9-20-21(13-19)30-11-10-29-20/h1-9,12-13,25H,10-11H2,(H,24,26). The van der Waals surface area contributed by atoms with Gasteiger partial charge in [0.2, 0.25) is 0 Å². The smallest absolute Gasteiger partial charge is 0.262 e. The molecule has 3 aromatic rings. The second-order valence-electron chi connectivity index (χ2n) is 6.64. The maximum absolute atomic E-state index is 12.7. The summed E-state index contributed by atoms with van der Waals surface area (Å²) < 4.78 is 38.7. The van der Waals surface area contributed by atoms with Crippen LogP contribution in [0, 0.1) is 11.3 Å². The Morgan fingerprint density at radius 3 is 2.39 bits per heavy atom. The molecule has 0 atom stereocenters. The summed E-state index contributed by atoms with van der Waals surface area (Å²) in [6.45, 7) is 0.773. The summed E-state index contributed by atoms with van der Waals surface area (Å²) in [5, 5.41) is 11.6. The highest BCUT2D eigenvalue weighted by Crippen LogP contribution is 2.32. The van der Waals surface area contributed by atoms with E-state index < -0.39 is 10.0 Å². The van der Waals surface area contributed by atoms with Crippen LogP contribution < -0.4 is 19.5 Å². The van der Waals surface area contributed by atoms with Gasteiger partial charge in [-0.15, -0.1) is 0 Å². The minimum absolute atomic E-state index is 0.0379. The van der Waals surface area contributed by atoms with Gasteiger partial charge >= 0.3 is 0 Å². The zero-order valence-corrected chi connectivity index (χ0v) is 17.0. The molecule has 0 radical (unpaired) electrons. The minimum Gasteiger partial charge on any atom is -0.486 e. The number of ether oxygens (including phenoxy) is 2. The zero-order valence-electron chi connectivity index (χ0n) is 16.2. The summed E-state index contributed by atoms with van der Waals surface area (Å²) in [5.74, 6) is 0.499. The van der Waals surface area contributed by atoms with Gasteiger partial charge in [-0.1, -0.05) is 6.07 Å². The first kappa shape index (κ1) is 20.3. The van der Waals surface area contributed by atoms with Crippen molar-refractivity contribution in [1.29, 1.82) is 5.26 Å². The molecular formula is C22H17N3O5S. The number of nitrogens with one attached hydrogen (secondary N) is 2. The summed E-state index contributed by atoms with van der Waals surface area (Å²) >= 11 is 0. The van der Waals surface area contributed by atoms with Crippen LogP contribution in [-0.2, 0) is 10.0 Å². The Labute approximate surface area is 179 Å². The average molecular weight is 435 g/mol. The number of hydrogen-bond donors (Lipinski definition) is 2. The van der Waals surface area contributed by atoms with E-state index in [2.05, 4.69) is 10.0 Å². The van der Waals surface area contributed by atoms with Crippen LogP contribution in [0.3, 0.4) is 0 Å². The van der Waals surface area contributed by atoms with E-state index in [-0.39, 0.29) is 10.8 Å². The Hall–Kier alpha value is -4.03. The molecule has 0 saturated heterocycles. The monoisotopic (exact) mass is 435 g/mol. The predicted octanol–water partition coefficient (Wildman–Crippen LogP) is 3.38. The van der Waals surface area contributed by atoms with Crippen molar-refractivity contribution in [3.8, 4) is 17.6 Å². The molecule has 0 aliphatic carbocycles. The molecule has 0 spiro atoms. The molecule has 0 bridgehead atoms. The van der Waals surface area contributed by atoms with Gasteiger partial charge in [-0.3, -0.25) is 9.52 Å².